The van der Waals surface area contributed by atoms with Crippen LogP contribution in [0.15, 0.2) is 34.9 Å². The number of nitrogens with one attached hydrogen (secondary N) is 1. The third kappa shape index (κ3) is 5.18. The zero-order chi connectivity index (χ0) is 36.9. The molecule has 0 aromatic heterocycles. The van der Waals surface area contributed by atoms with Crippen molar-refractivity contribution >= 4 is 29.8 Å². The number of hydrogen-bond acceptors (Lipinski definition) is 11. The normalized spacial score (nSPS) is 41.3. The lowest BCUT2D eigenvalue weighted by molar-refractivity contribution is -0.225. The van der Waals surface area contributed by atoms with Crippen molar-refractivity contribution in [2.75, 3.05) is 0 Å². The third-order valence-corrected chi connectivity index (χ3v) is 12.8. The first-order valence-corrected chi connectivity index (χ1v) is 17.7. The van der Waals surface area contributed by atoms with Crippen LogP contribution in [-0.4, -0.2) is 82.2 Å². The van der Waals surface area contributed by atoms with Gasteiger partial charge in [0.25, 0.3) is 0 Å². The van der Waals surface area contributed by atoms with E-state index in [0.717, 1.165) is 11.1 Å². The number of ether oxygens (including phenoxy) is 5. The summed E-state index contributed by atoms with van der Waals surface area (Å²) in [5.74, 6) is -3.05. The number of fused-ring (bicyclic) bond motifs is 4. The smallest absolute Gasteiger partial charge is 0.408 e. The van der Waals surface area contributed by atoms with Gasteiger partial charge in [0.2, 0.25) is 0 Å². The number of amides is 1. The van der Waals surface area contributed by atoms with E-state index in [0.29, 0.717) is 31.3 Å². The first kappa shape index (κ1) is 36.3. The van der Waals surface area contributed by atoms with Gasteiger partial charge in [-0.05, 0) is 97.8 Å². The molecule has 1 amide bonds. The summed E-state index contributed by atoms with van der Waals surface area (Å²) in [5.41, 5.74) is -3.18. The van der Waals surface area contributed by atoms with Crippen molar-refractivity contribution in [3.05, 3.63) is 34.9 Å². The quantitative estimate of drug-likeness (QED) is 0.175. The maximum atomic E-state index is 14.1. The Hall–Kier alpha value is -3.51. The zero-order valence-electron chi connectivity index (χ0n) is 30.7. The molecule has 1 spiro atoms. The molecular formula is C38H51NO11. The lowest BCUT2D eigenvalue weighted by atomic mass is 9.42. The Morgan fingerprint density at radius 1 is 1.06 bits per heavy atom. The van der Waals surface area contributed by atoms with Crippen LogP contribution >= 0.6 is 0 Å². The van der Waals surface area contributed by atoms with Crippen molar-refractivity contribution in [3.63, 3.8) is 0 Å². The second kappa shape index (κ2) is 11.8. The second-order valence-electron chi connectivity index (χ2n) is 16.7. The van der Waals surface area contributed by atoms with Crippen molar-refractivity contribution in [1.82, 2.24) is 5.32 Å². The van der Waals surface area contributed by atoms with Gasteiger partial charge in [0.15, 0.2) is 11.9 Å². The third-order valence-electron chi connectivity index (χ3n) is 12.8. The molecule has 12 heteroatoms. The number of carbonyl (C=O) groups is 5. The predicted octanol–water partition coefficient (Wildman–Crippen LogP) is 4.42. The Labute approximate surface area is 293 Å². The molecule has 1 unspecified atom stereocenters. The van der Waals surface area contributed by atoms with Crippen LogP contribution in [0.25, 0.3) is 0 Å². The van der Waals surface area contributed by atoms with Crippen molar-refractivity contribution in [3.8, 4) is 0 Å². The topological polar surface area (TPSA) is 167 Å². The predicted molar refractivity (Wildman–Crippen MR) is 178 cm³/mol. The zero-order valence-corrected chi connectivity index (χ0v) is 30.7. The molecule has 0 aromatic carbocycles. The summed E-state index contributed by atoms with van der Waals surface area (Å²) in [4.78, 5) is 64.9. The van der Waals surface area contributed by atoms with E-state index < -0.39 is 88.0 Å². The minimum absolute atomic E-state index is 0.190. The Bertz CT molecular complexity index is 1620. The van der Waals surface area contributed by atoms with Crippen LogP contribution in [0, 0.1) is 28.6 Å². The van der Waals surface area contributed by atoms with E-state index in [1.54, 1.807) is 33.8 Å². The Morgan fingerprint density at radius 2 is 1.74 bits per heavy atom. The highest BCUT2D eigenvalue weighted by molar-refractivity contribution is 5.98. The van der Waals surface area contributed by atoms with Crippen LogP contribution in [0.4, 0.5) is 4.79 Å². The van der Waals surface area contributed by atoms with Crippen LogP contribution in [0.1, 0.15) is 94.9 Å². The number of cyclic esters (lactones) is 1. The summed E-state index contributed by atoms with van der Waals surface area (Å²) in [7, 11) is 0. The molecule has 0 aromatic rings. The molecule has 274 valence electrons. The number of ketones is 1. The lowest BCUT2D eigenvalue weighted by Gasteiger charge is -2.61. The second-order valence-corrected chi connectivity index (χ2v) is 16.7. The van der Waals surface area contributed by atoms with Gasteiger partial charge >= 0.3 is 24.0 Å². The number of epoxide rings is 1. The highest BCUT2D eigenvalue weighted by Crippen LogP contribution is 2.74. The summed E-state index contributed by atoms with van der Waals surface area (Å²) >= 11 is 0. The number of rotatable bonds is 6. The van der Waals surface area contributed by atoms with Crippen LogP contribution in [0.3, 0.4) is 0 Å². The number of allylic oxidation sites excluding steroid dienone is 1. The van der Waals surface area contributed by atoms with Crippen LogP contribution in [0.2, 0.25) is 0 Å². The van der Waals surface area contributed by atoms with E-state index in [2.05, 4.69) is 5.32 Å². The summed E-state index contributed by atoms with van der Waals surface area (Å²) < 4.78 is 29.5. The Kier molecular flexibility index (Phi) is 8.54. The minimum atomic E-state index is -1.61. The molecule has 4 aliphatic carbocycles. The molecule has 6 rings (SSSR count). The standard InChI is InChI=1S/C38H51NO11/c1-18-15-26(47-31(42)19(18)2)20(3)24-16-29(46-22(5)40)37(45)25-17-30-38(49-30)28(48-32(43)21(4)39-33(44)50-34(6,7)8)12-11-27(41)36(38,10)23(25)13-14-35(24,37)9/h11-12,16,20-21,23,25-26,28-30,45H,13-15,17H2,1-10H3,(H,39,44)/t20-,21?,23-,25+,26+,28-,29-,30+,35+,36-,37-,38+/m0/s1. The SMILES string of the molecule is CC(=O)O[C@H]1C=C([C@H](C)[C@H]2CC(C)=C(C)C(=O)O2)[C@@]2(C)CC[C@H]3[C@@H](C[C@H]4O[C@]45[C@@H](OC(=O)C(C)NC(=O)OC(C)(C)C)C=CC(=O)[C@]35C)[C@]12O. The molecule has 12 nitrogen and oxygen atoms in total. The highest BCUT2D eigenvalue weighted by Gasteiger charge is 2.83. The average molecular weight is 698 g/mol. The minimum Gasteiger partial charge on any atom is -0.458 e. The van der Waals surface area contributed by atoms with Gasteiger partial charge < -0.3 is 34.1 Å². The first-order valence-electron chi connectivity index (χ1n) is 17.7. The van der Waals surface area contributed by atoms with Gasteiger partial charge in [-0.15, -0.1) is 0 Å². The van der Waals surface area contributed by atoms with Gasteiger partial charge in [-0.2, -0.15) is 0 Å². The number of aliphatic hydroxyl groups is 1. The maximum absolute atomic E-state index is 14.1. The molecule has 2 N–H and O–H groups in total. The van der Waals surface area contributed by atoms with Crippen LogP contribution in [0.5, 0.6) is 0 Å². The summed E-state index contributed by atoms with van der Waals surface area (Å²) in [6, 6.07) is -1.04. The summed E-state index contributed by atoms with van der Waals surface area (Å²) in [5, 5.41) is 15.7. The van der Waals surface area contributed by atoms with Gasteiger partial charge in [-0.1, -0.05) is 25.0 Å². The summed E-state index contributed by atoms with van der Waals surface area (Å²) in [6.45, 7) is 17.4. The fourth-order valence-electron chi connectivity index (χ4n) is 10.0. The van der Waals surface area contributed by atoms with E-state index in [1.807, 2.05) is 33.8 Å². The highest BCUT2D eigenvalue weighted by atomic mass is 16.7. The van der Waals surface area contributed by atoms with Crippen molar-refractivity contribution in [2.45, 2.75) is 142 Å². The van der Waals surface area contributed by atoms with Gasteiger partial charge in [0.1, 0.15) is 35.1 Å². The molecule has 2 aliphatic heterocycles. The molecule has 1 saturated heterocycles. The van der Waals surface area contributed by atoms with Crippen molar-refractivity contribution in [1.29, 1.82) is 0 Å². The molecule has 2 heterocycles. The van der Waals surface area contributed by atoms with Crippen molar-refractivity contribution < 1.29 is 52.8 Å². The van der Waals surface area contributed by atoms with E-state index >= 15 is 0 Å². The van der Waals surface area contributed by atoms with Gasteiger partial charge in [0.05, 0.1) is 11.5 Å². The number of carbonyl (C=O) groups excluding carboxylic acids is 5. The molecule has 6 aliphatic rings. The first-order chi connectivity index (χ1) is 23.1. The van der Waals surface area contributed by atoms with E-state index in [4.69, 9.17) is 23.7 Å². The monoisotopic (exact) mass is 697 g/mol. The van der Waals surface area contributed by atoms with Gasteiger partial charge in [-0.25, -0.2) is 14.4 Å². The van der Waals surface area contributed by atoms with Gasteiger partial charge in [-0.3, -0.25) is 9.59 Å². The molecular weight excluding hydrogens is 646 g/mol. The number of alkyl carbamates (subject to hydrolysis) is 1. The van der Waals surface area contributed by atoms with E-state index in [-0.39, 0.29) is 17.7 Å². The molecule has 0 radical (unpaired) electrons. The van der Waals surface area contributed by atoms with E-state index in [9.17, 15) is 29.1 Å². The van der Waals surface area contributed by atoms with Crippen molar-refractivity contribution in [2.24, 2.45) is 28.6 Å². The Balaban J connectivity index is 1.29. The number of hydrogen-bond donors (Lipinski definition) is 2. The van der Waals surface area contributed by atoms with Crippen LogP contribution in [-0.2, 0) is 42.9 Å². The van der Waals surface area contributed by atoms with Gasteiger partial charge in [0, 0.05) is 30.3 Å². The molecule has 2 saturated carbocycles. The molecule has 12 atom stereocenters. The fourth-order valence-corrected chi connectivity index (χ4v) is 10.0. The largest absolute Gasteiger partial charge is 0.458 e. The van der Waals surface area contributed by atoms with E-state index in [1.165, 1.54) is 19.9 Å². The molecule has 50 heavy (non-hydrogen) atoms. The maximum Gasteiger partial charge on any atom is 0.408 e. The molecule has 0 bridgehead atoms. The Morgan fingerprint density at radius 3 is 2.36 bits per heavy atom. The average Bonchev–Trinajstić information content (AvgIpc) is 3.70. The lowest BCUT2D eigenvalue weighted by Crippen LogP contribution is -2.70. The fraction of sp³-hybridized carbons (Fsp3) is 0.711. The summed E-state index contributed by atoms with van der Waals surface area (Å²) in [6.07, 6.45) is 3.00. The van der Waals surface area contributed by atoms with Crippen LogP contribution < -0.4 is 5.32 Å². The molecule has 3 fully saturated rings. The number of esters is 3.